The van der Waals surface area contributed by atoms with Gasteiger partial charge in [-0.15, -0.1) is 0 Å². The van der Waals surface area contributed by atoms with Crippen molar-refractivity contribution in [1.29, 1.82) is 0 Å². The molecule has 0 spiro atoms. The number of aromatic nitrogens is 2. The van der Waals surface area contributed by atoms with Crippen molar-refractivity contribution in [3.63, 3.8) is 0 Å². The zero-order valence-corrected chi connectivity index (χ0v) is 17.1. The maximum atomic E-state index is 6.29. The van der Waals surface area contributed by atoms with Crippen molar-refractivity contribution in [2.24, 2.45) is 0 Å². The van der Waals surface area contributed by atoms with Gasteiger partial charge in [-0.1, -0.05) is 24.6 Å². The van der Waals surface area contributed by atoms with E-state index < -0.39 is 0 Å². The van der Waals surface area contributed by atoms with E-state index >= 15 is 0 Å². The first-order chi connectivity index (χ1) is 14.8. The van der Waals surface area contributed by atoms with E-state index in [1.807, 2.05) is 54.6 Å². The van der Waals surface area contributed by atoms with E-state index in [-0.39, 0.29) is 0 Å². The van der Waals surface area contributed by atoms with Gasteiger partial charge in [0.1, 0.15) is 23.5 Å². The molecule has 1 saturated heterocycles. The van der Waals surface area contributed by atoms with Crippen LogP contribution in [-0.4, -0.2) is 41.0 Å². The Hall–Kier alpha value is -3.32. The summed E-state index contributed by atoms with van der Waals surface area (Å²) >= 11 is 0. The Balaban J connectivity index is 1.34. The van der Waals surface area contributed by atoms with Gasteiger partial charge in [0.25, 0.3) is 0 Å². The molecule has 4 rings (SSSR count). The van der Waals surface area contributed by atoms with Crippen LogP contribution in [0.5, 0.6) is 11.5 Å². The molecule has 30 heavy (non-hydrogen) atoms. The van der Waals surface area contributed by atoms with Crippen LogP contribution in [0.3, 0.4) is 0 Å². The van der Waals surface area contributed by atoms with Crippen molar-refractivity contribution in [3.05, 3.63) is 60.9 Å². The number of nitrogens with zero attached hydrogens (tertiary/aromatic N) is 3. The smallest absolute Gasteiger partial charge is 0.159 e. The molecular formula is C23H28N6O. The van der Waals surface area contributed by atoms with E-state index in [1.54, 1.807) is 0 Å². The van der Waals surface area contributed by atoms with Gasteiger partial charge in [0.15, 0.2) is 11.6 Å². The number of para-hydroxylation sites is 1. The van der Waals surface area contributed by atoms with Crippen molar-refractivity contribution in [2.75, 3.05) is 42.5 Å². The van der Waals surface area contributed by atoms with Crippen LogP contribution in [0, 0.1) is 0 Å². The lowest BCUT2D eigenvalue weighted by Crippen LogP contribution is -2.33. The number of hydrogen-bond donors (Lipinski definition) is 3. The normalized spacial score (nSPS) is 14.3. The number of nitrogen functional groups attached to an aromatic ring is 1. The van der Waals surface area contributed by atoms with E-state index in [0.717, 1.165) is 30.3 Å². The predicted molar refractivity (Wildman–Crippen MR) is 121 cm³/mol. The summed E-state index contributed by atoms with van der Waals surface area (Å²) in [6.45, 7) is 4.16. The van der Waals surface area contributed by atoms with Gasteiger partial charge < -0.3 is 26.0 Å². The maximum Gasteiger partial charge on any atom is 0.159 e. The summed E-state index contributed by atoms with van der Waals surface area (Å²) in [5.74, 6) is 2.82. The Morgan fingerprint density at radius 2 is 1.57 bits per heavy atom. The number of anilines is 4. The van der Waals surface area contributed by atoms with Gasteiger partial charge in [-0.2, -0.15) is 0 Å². The number of piperidine rings is 1. The van der Waals surface area contributed by atoms with E-state index in [9.17, 15) is 0 Å². The molecule has 7 heteroatoms. The Morgan fingerprint density at radius 3 is 2.33 bits per heavy atom. The Labute approximate surface area is 177 Å². The average Bonchev–Trinajstić information content (AvgIpc) is 2.79. The number of nitrogens with one attached hydrogen (secondary N) is 2. The number of hydrogen-bond acceptors (Lipinski definition) is 7. The molecule has 1 aliphatic rings. The first-order valence-corrected chi connectivity index (χ1v) is 10.4. The number of benzene rings is 2. The highest BCUT2D eigenvalue weighted by Gasteiger charge is 2.11. The number of nitrogens with two attached hydrogens (primary N) is 1. The van der Waals surface area contributed by atoms with Gasteiger partial charge in [-0.25, -0.2) is 9.97 Å². The van der Waals surface area contributed by atoms with Crippen LogP contribution in [0.4, 0.5) is 23.0 Å². The first-order valence-electron chi connectivity index (χ1n) is 10.4. The molecular weight excluding hydrogens is 376 g/mol. The summed E-state index contributed by atoms with van der Waals surface area (Å²) < 4.78 is 5.83. The number of ether oxygens (including phenoxy) is 1. The molecule has 0 unspecified atom stereocenters. The molecule has 1 aliphatic heterocycles. The minimum Gasteiger partial charge on any atom is -0.457 e. The first kappa shape index (κ1) is 20.0. The van der Waals surface area contributed by atoms with Gasteiger partial charge in [-0.05, 0) is 62.3 Å². The van der Waals surface area contributed by atoms with Gasteiger partial charge in [0.05, 0.1) is 0 Å². The van der Waals surface area contributed by atoms with Crippen molar-refractivity contribution < 1.29 is 4.74 Å². The van der Waals surface area contributed by atoms with Crippen LogP contribution < -0.4 is 21.1 Å². The highest BCUT2D eigenvalue weighted by atomic mass is 16.5. The van der Waals surface area contributed by atoms with E-state index in [4.69, 9.17) is 10.5 Å². The number of likely N-dealkylation sites (tertiary alicyclic amines) is 1. The fourth-order valence-corrected chi connectivity index (χ4v) is 3.52. The lowest BCUT2D eigenvalue weighted by molar-refractivity contribution is 0.237. The minimum absolute atomic E-state index is 0.515. The average molecular weight is 405 g/mol. The summed E-state index contributed by atoms with van der Waals surface area (Å²) in [5.41, 5.74) is 7.68. The molecule has 0 amide bonds. The number of rotatable bonds is 8. The molecule has 0 radical (unpaired) electrons. The second-order valence-corrected chi connectivity index (χ2v) is 7.38. The van der Waals surface area contributed by atoms with Gasteiger partial charge >= 0.3 is 0 Å². The van der Waals surface area contributed by atoms with Crippen molar-refractivity contribution in [1.82, 2.24) is 14.9 Å². The van der Waals surface area contributed by atoms with Crippen LogP contribution in [0.15, 0.2) is 60.9 Å². The fourth-order valence-electron chi connectivity index (χ4n) is 3.52. The monoisotopic (exact) mass is 404 g/mol. The van der Waals surface area contributed by atoms with Crippen molar-refractivity contribution in [3.8, 4) is 11.5 Å². The predicted octanol–water partition coefficient (Wildman–Crippen LogP) is 4.49. The molecule has 1 aromatic heterocycles. The topological polar surface area (TPSA) is 88.3 Å². The second-order valence-electron chi connectivity index (χ2n) is 7.38. The molecule has 7 nitrogen and oxygen atoms in total. The Morgan fingerprint density at radius 1 is 0.867 bits per heavy atom. The van der Waals surface area contributed by atoms with Crippen LogP contribution in [0.1, 0.15) is 19.3 Å². The second kappa shape index (κ2) is 9.93. The van der Waals surface area contributed by atoms with E-state index in [1.165, 1.54) is 38.7 Å². The van der Waals surface area contributed by atoms with E-state index in [2.05, 4.69) is 25.5 Å². The zero-order valence-electron chi connectivity index (χ0n) is 17.1. The third kappa shape index (κ3) is 5.39. The Kier molecular flexibility index (Phi) is 6.61. The fraction of sp³-hybridized carbons (Fsp3) is 0.304. The van der Waals surface area contributed by atoms with E-state index in [0.29, 0.717) is 17.3 Å². The molecule has 156 valence electrons. The van der Waals surface area contributed by atoms with Crippen LogP contribution in [0.2, 0.25) is 0 Å². The maximum absolute atomic E-state index is 6.29. The third-order valence-corrected chi connectivity index (χ3v) is 5.15. The molecule has 0 atom stereocenters. The van der Waals surface area contributed by atoms with Gasteiger partial charge in [-0.3, -0.25) is 0 Å². The Bertz CT molecular complexity index is 926. The summed E-state index contributed by atoms with van der Waals surface area (Å²) in [5, 5.41) is 6.61. The van der Waals surface area contributed by atoms with Crippen LogP contribution >= 0.6 is 0 Å². The molecule has 3 aromatic rings. The molecule has 2 heterocycles. The SMILES string of the molecule is Nc1c(NCCN2CCCCC2)ncnc1Nc1ccc(Oc2ccccc2)cc1. The zero-order chi connectivity index (χ0) is 20.6. The summed E-state index contributed by atoms with van der Waals surface area (Å²) in [4.78, 5) is 11.1. The van der Waals surface area contributed by atoms with Gasteiger partial charge in [0, 0.05) is 18.8 Å². The molecule has 0 saturated carbocycles. The molecule has 0 aliphatic carbocycles. The molecule has 2 aromatic carbocycles. The lowest BCUT2D eigenvalue weighted by Gasteiger charge is -2.26. The van der Waals surface area contributed by atoms with Crippen molar-refractivity contribution in [2.45, 2.75) is 19.3 Å². The minimum atomic E-state index is 0.515. The molecule has 4 N–H and O–H groups in total. The van der Waals surface area contributed by atoms with Gasteiger partial charge in [0.2, 0.25) is 0 Å². The standard InChI is InChI=1S/C23H28N6O/c24-21-22(25-13-16-29-14-5-2-6-15-29)26-17-27-23(21)28-18-9-11-20(12-10-18)30-19-7-3-1-4-8-19/h1,3-4,7-12,17H,2,5-6,13-16,24H2,(H2,25,26,27,28). The summed E-state index contributed by atoms with van der Waals surface area (Å²) in [6.07, 6.45) is 5.45. The van der Waals surface area contributed by atoms with Crippen LogP contribution in [-0.2, 0) is 0 Å². The van der Waals surface area contributed by atoms with Crippen molar-refractivity contribution >= 4 is 23.0 Å². The molecule has 1 fully saturated rings. The highest BCUT2D eigenvalue weighted by molar-refractivity contribution is 5.77. The third-order valence-electron chi connectivity index (χ3n) is 5.15. The largest absolute Gasteiger partial charge is 0.457 e. The molecule has 0 bridgehead atoms. The highest BCUT2D eigenvalue weighted by Crippen LogP contribution is 2.28. The summed E-state index contributed by atoms with van der Waals surface area (Å²) in [7, 11) is 0. The summed E-state index contributed by atoms with van der Waals surface area (Å²) in [6, 6.07) is 17.4. The quantitative estimate of drug-likeness (QED) is 0.510. The van der Waals surface area contributed by atoms with Crippen LogP contribution in [0.25, 0.3) is 0 Å². The lowest BCUT2D eigenvalue weighted by atomic mass is 10.1.